The third-order valence-electron chi connectivity index (χ3n) is 6.47. The smallest absolute Gasteiger partial charge is 0.217 e. The molecular formula is C28H31F2N3O2. The molecule has 3 aromatic rings. The number of nitrogens with zero attached hydrogens (tertiary/aromatic N) is 1. The van der Waals surface area contributed by atoms with Crippen molar-refractivity contribution in [3.63, 3.8) is 0 Å². The van der Waals surface area contributed by atoms with E-state index in [1.165, 1.54) is 30.2 Å². The Morgan fingerprint density at radius 1 is 1.14 bits per heavy atom. The standard InChI is InChI=1S/C28H31F2N3O2/c1-17-6-9-25(31-15-17)21-8-7-20-4-3-5-26(24(20)13-21)32-16-28(35)27(33-18(2)34)12-19-10-22(29)14-23(30)11-19/h6-11,13-15,26-28,32,35H,3-5,12,16H2,1-2H3,(H,33,34). The van der Waals surface area contributed by atoms with E-state index < -0.39 is 23.8 Å². The first kappa shape index (κ1) is 24.9. The maximum absolute atomic E-state index is 13.6. The number of hydrogen-bond acceptors (Lipinski definition) is 4. The highest BCUT2D eigenvalue weighted by Crippen LogP contribution is 2.33. The molecule has 7 heteroatoms. The lowest BCUT2D eigenvalue weighted by atomic mass is 9.86. The normalized spacial score (nSPS) is 16.9. The van der Waals surface area contributed by atoms with Gasteiger partial charge in [0.2, 0.25) is 5.91 Å². The number of halogens is 2. The van der Waals surface area contributed by atoms with Crippen LogP contribution >= 0.6 is 0 Å². The number of carbonyl (C=O) groups is 1. The first-order valence-corrected chi connectivity index (χ1v) is 12.0. The molecule has 0 spiro atoms. The molecule has 5 nitrogen and oxygen atoms in total. The molecule has 0 fully saturated rings. The summed E-state index contributed by atoms with van der Waals surface area (Å²) in [4.78, 5) is 16.3. The van der Waals surface area contributed by atoms with Gasteiger partial charge in [-0.05, 0) is 79.1 Å². The zero-order valence-corrected chi connectivity index (χ0v) is 20.0. The van der Waals surface area contributed by atoms with Crippen molar-refractivity contribution in [2.24, 2.45) is 0 Å². The van der Waals surface area contributed by atoms with Gasteiger partial charge in [-0.25, -0.2) is 8.78 Å². The predicted octanol–water partition coefficient (Wildman–Crippen LogP) is 4.41. The fourth-order valence-corrected chi connectivity index (χ4v) is 4.74. The fraction of sp³-hybridized carbons (Fsp3) is 0.357. The number of rotatable bonds is 8. The van der Waals surface area contributed by atoms with Gasteiger partial charge in [-0.1, -0.05) is 18.2 Å². The molecule has 1 aliphatic rings. The van der Waals surface area contributed by atoms with Crippen molar-refractivity contribution >= 4 is 5.91 Å². The number of aryl methyl sites for hydroxylation is 2. The minimum absolute atomic E-state index is 0.0448. The Morgan fingerprint density at radius 2 is 1.91 bits per heavy atom. The molecule has 3 atom stereocenters. The molecular weight excluding hydrogens is 448 g/mol. The monoisotopic (exact) mass is 479 g/mol. The minimum atomic E-state index is -0.947. The number of benzene rings is 2. The second kappa shape index (κ2) is 11.1. The Morgan fingerprint density at radius 3 is 2.60 bits per heavy atom. The van der Waals surface area contributed by atoms with Crippen LogP contribution < -0.4 is 10.6 Å². The molecule has 0 radical (unpaired) electrons. The summed E-state index contributed by atoms with van der Waals surface area (Å²) in [6, 6.07) is 13.1. The largest absolute Gasteiger partial charge is 0.390 e. The second-order valence-electron chi connectivity index (χ2n) is 9.34. The van der Waals surface area contributed by atoms with E-state index in [9.17, 15) is 18.7 Å². The van der Waals surface area contributed by atoms with Gasteiger partial charge >= 0.3 is 0 Å². The molecule has 184 valence electrons. The van der Waals surface area contributed by atoms with Crippen LogP contribution in [0.3, 0.4) is 0 Å². The highest BCUT2D eigenvalue weighted by atomic mass is 19.1. The van der Waals surface area contributed by atoms with Crippen LogP contribution in [0.15, 0.2) is 54.7 Å². The van der Waals surface area contributed by atoms with Crippen LogP contribution in [0.1, 0.15) is 48.1 Å². The first-order valence-electron chi connectivity index (χ1n) is 12.0. The van der Waals surface area contributed by atoms with Gasteiger partial charge in [-0.2, -0.15) is 0 Å². The molecule has 0 bridgehead atoms. The van der Waals surface area contributed by atoms with Gasteiger partial charge in [0.05, 0.1) is 17.8 Å². The minimum Gasteiger partial charge on any atom is -0.390 e. The van der Waals surface area contributed by atoms with E-state index in [1.54, 1.807) is 0 Å². The third-order valence-corrected chi connectivity index (χ3v) is 6.47. The average Bonchev–Trinajstić information content (AvgIpc) is 2.81. The number of aliphatic hydroxyl groups is 1. The number of pyridine rings is 1. The van der Waals surface area contributed by atoms with Crippen molar-refractivity contribution in [3.8, 4) is 11.3 Å². The molecule has 35 heavy (non-hydrogen) atoms. The lowest BCUT2D eigenvalue weighted by molar-refractivity contribution is -0.120. The summed E-state index contributed by atoms with van der Waals surface area (Å²) in [7, 11) is 0. The molecule has 1 aromatic heterocycles. The summed E-state index contributed by atoms with van der Waals surface area (Å²) < 4.78 is 27.3. The van der Waals surface area contributed by atoms with Gasteiger partial charge < -0.3 is 15.7 Å². The molecule has 3 unspecified atom stereocenters. The van der Waals surface area contributed by atoms with Gasteiger partial charge in [0.25, 0.3) is 0 Å². The molecule has 1 heterocycles. The van der Waals surface area contributed by atoms with Crippen LogP contribution in [-0.2, 0) is 17.6 Å². The van der Waals surface area contributed by atoms with Gasteiger partial charge in [0.15, 0.2) is 0 Å². The van der Waals surface area contributed by atoms with Crippen molar-refractivity contribution in [2.75, 3.05) is 6.54 Å². The Balaban J connectivity index is 1.48. The van der Waals surface area contributed by atoms with Crippen molar-refractivity contribution in [3.05, 3.63) is 88.6 Å². The number of carbonyl (C=O) groups excluding carboxylic acids is 1. The van der Waals surface area contributed by atoms with Crippen LogP contribution in [0.4, 0.5) is 8.78 Å². The second-order valence-corrected chi connectivity index (χ2v) is 9.34. The Bertz CT molecular complexity index is 1160. The van der Waals surface area contributed by atoms with E-state index in [1.807, 2.05) is 25.3 Å². The zero-order chi connectivity index (χ0) is 24.9. The SMILES string of the molecule is CC(=O)NC(Cc1cc(F)cc(F)c1)C(O)CNC1CCCc2ccc(-c3ccc(C)cn3)cc21. The summed E-state index contributed by atoms with van der Waals surface area (Å²) in [6.07, 6.45) is 3.97. The zero-order valence-electron chi connectivity index (χ0n) is 20.0. The van der Waals surface area contributed by atoms with Crippen LogP contribution in [-0.4, -0.2) is 34.7 Å². The number of amides is 1. The van der Waals surface area contributed by atoms with Gasteiger partial charge in [0, 0.05) is 37.3 Å². The molecule has 1 aliphatic carbocycles. The van der Waals surface area contributed by atoms with E-state index >= 15 is 0 Å². The Hall–Kier alpha value is -3.16. The molecule has 1 amide bonds. The molecule has 0 saturated carbocycles. The highest BCUT2D eigenvalue weighted by Gasteiger charge is 2.25. The van der Waals surface area contributed by atoms with E-state index in [-0.39, 0.29) is 24.9 Å². The molecule has 0 aliphatic heterocycles. The number of nitrogens with one attached hydrogen (secondary N) is 2. The third kappa shape index (κ3) is 6.50. The lowest BCUT2D eigenvalue weighted by Gasteiger charge is -2.30. The summed E-state index contributed by atoms with van der Waals surface area (Å²) in [6.45, 7) is 3.59. The quantitative estimate of drug-likeness (QED) is 0.448. The van der Waals surface area contributed by atoms with Crippen LogP contribution in [0.2, 0.25) is 0 Å². The molecule has 3 N–H and O–H groups in total. The van der Waals surface area contributed by atoms with Crippen LogP contribution in [0.5, 0.6) is 0 Å². The summed E-state index contributed by atoms with van der Waals surface area (Å²) >= 11 is 0. The number of aromatic nitrogens is 1. The van der Waals surface area contributed by atoms with Gasteiger partial charge in [-0.15, -0.1) is 0 Å². The van der Waals surface area contributed by atoms with Crippen LogP contribution in [0.25, 0.3) is 11.3 Å². The molecule has 4 rings (SSSR count). The first-order chi connectivity index (χ1) is 16.8. The van der Waals surface area contributed by atoms with Crippen molar-refractivity contribution in [1.82, 2.24) is 15.6 Å². The number of fused-ring (bicyclic) bond motifs is 1. The summed E-state index contributed by atoms with van der Waals surface area (Å²) in [5, 5.41) is 17.1. The lowest BCUT2D eigenvalue weighted by Crippen LogP contribution is -2.48. The predicted molar refractivity (Wildman–Crippen MR) is 132 cm³/mol. The van der Waals surface area contributed by atoms with E-state index in [2.05, 4.69) is 33.8 Å². The van der Waals surface area contributed by atoms with Crippen molar-refractivity contribution in [2.45, 2.75) is 57.7 Å². The molecule has 0 saturated heterocycles. The Labute approximate surface area is 204 Å². The fourth-order valence-electron chi connectivity index (χ4n) is 4.74. The maximum atomic E-state index is 13.6. The topological polar surface area (TPSA) is 74.2 Å². The Kier molecular flexibility index (Phi) is 7.88. The van der Waals surface area contributed by atoms with Gasteiger partial charge in [-0.3, -0.25) is 9.78 Å². The van der Waals surface area contributed by atoms with E-state index in [0.29, 0.717) is 5.56 Å². The van der Waals surface area contributed by atoms with Gasteiger partial charge in [0.1, 0.15) is 11.6 Å². The number of hydrogen-bond donors (Lipinski definition) is 3. The van der Waals surface area contributed by atoms with Crippen LogP contribution in [0, 0.1) is 18.6 Å². The van der Waals surface area contributed by atoms with E-state index in [0.717, 1.165) is 42.1 Å². The molecule has 2 aromatic carbocycles. The maximum Gasteiger partial charge on any atom is 0.217 e. The summed E-state index contributed by atoms with van der Waals surface area (Å²) in [5.74, 6) is -1.69. The van der Waals surface area contributed by atoms with Crippen molar-refractivity contribution in [1.29, 1.82) is 0 Å². The summed E-state index contributed by atoms with van der Waals surface area (Å²) in [5.41, 5.74) is 5.89. The average molecular weight is 480 g/mol. The number of aliphatic hydroxyl groups excluding tert-OH is 1. The van der Waals surface area contributed by atoms with E-state index in [4.69, 9.17) is 0 Å². The van der Waals surface area contributed by atoms with Crippen molar-refractivity contribution < 1.29 is 18.7 Å². The highest BCUT2D eigenvalue weighted by molar-refractivity contribution is 5.73.